The highest BCUT2D eigenvalue weighted by molar-refractivity contribution is 9.10. The summed E-state index contributed by atoms with van der Waals surface area (Å²) < 4.78 is 32.9. The number of carbonyl (C=O) groups excluding carboxylic acids is 1. The van der Waals surface area contributed by atoms with Crippen LogP contribution < -0.4 is 10.0 Å². The Kier molecular flexibility index (Phi) is 5.96. The van der Waals surface area contributed by atoms with Crippen LogP contribution in [0.1, 0.15) is 19.8 Å². The Morgan fingerprint density at radius 1 is 1.41 bits per heavy atom. The van der Waals surface area contributed by atoms with Crippen molar-refractivity contribution in [3.05, 3.63) is 28.7 Å². The molecule has 122 valence electrons. The monoisotopic (exact) mass is 390 g/mol. The lowest BCUT2D eigenvalue weighted by Crippen LogP contribution is -2.46. The molecule has 1 fully saturated rings. The van der Waals surface area contributed by atoms with Crippen molar-refractivity contribution in [1.29, 1.82) is 0 Å². The van der Waals surface area contributed by atoms with Crippen LogP contribution in [0, 0.1) is 0 Å². The second-order valence-electron chi connectivity index (χ2n) is 5.18. The Bertz CT molecular complexity index is 612. The van der Waals surface area contributed by atoms with E-state index in [0.29, 0.717) is 13.2 Å². The van der Waals surface area contributed by atoms with Gasteiger partial charge in [0.15, 0.2) is 0 Å². The van der Waals surface area contributed by atoms with Crippen LogP contribution in [0.4, 0.5) is 0 Å². The maximum atomic E-state index is 12.2. The number of amides is 1. The van der Waals surface area contributed by atoms with Crippen molar-refractivity contribution in [2.45, 2.75) is 36.8 Å². The quantitative estimate of drug-likeness (QED) is 0.768. The lowest BCUT2D eigenvalue weighted by molar-refractivity contribution is -0.122. The third-order valence-corrected chi connectivity index (χ3v) is 5.46. The van der Waals surface area contributed by atoms with Crippen molar-refractivity contribution in [3.8, 4) is 0 Å². The molecule has 1 aromatic carbocycles. The molecule has 1 aliphatic heterocycles. The summed E-state index contributed by atoms with van der Waals surface area (Å²) in [6, 6.07) is 5.37. The normalized spacial score (nSPS) is 19.8. The topological polar surface area (TPSA) is 84.5 Å². The van der Waals surface area contributed by atoms with Gasteiger partial charge in [0.05, 0.1) is 17.0 Å². The number of rotatable bonds is 6. The number of ether oxygens (including phenoxy) is 1. The molecule has 2 atom stereocenters. The van der Waals surface area contributed by atoms with Crippen LogP contribution in [0.15, 0.2) is 33.6 Å². The standard InChI is InChI=1S/C14H19BrN2O4S/c1-10(14(18)16-9-12-3-2-8-21-12)17-22(19,20)13-6-4-11(15)5-7-13/h4-7,10,12,17H,2-3,8-9H2,1H3,(H,16,18)/t10-,12+/m0/s1. The number of carbonyl (C=O) groups is 1. The van der Waals surface area contributed by atoms with E-state index in [2.05, 4.69) is 26.0 Å². The fraction of sp³-hybridized carbons (Fsp3) is 0.500. The fourth-order valence-electron chi connectivity index (χ4n) is 2.14. The van der Waals surface area contributed by atoms with Gasteiger partial charge in [-0.05, 0) is 44.0 Å². The van der Waals surface area contributed by atoms with E-state index in [1.165, 1.54) is 19.1 Å². The van der Waals surface area contributed by atoms with Gasteiger partial charge >= 0.3 is 0 Å². The van der Waals surface area contributed by atoms with E-state index in [1.54, 1.807) is 12.1 Å². The van der Waals surface area contributed by atoms with Crippen LogP contribution in [-0.4, -0.2) is 39.6 Å². The summed E-state index contributed by atoms with van der Waals surface area (Å²) in [5.41, 5.74) is 0. The van der Waals surface area contributed by atoms with Crippen LogP contribution >= 0.6 is 15.9 Å². The first-order valence-electron chi connectivity index (χ1n) is 7.06. The molecule has 0 aromatic heterocycles. The molecule has 0 aliphatic carbocycles. The van der Waals surface area contributed by atoms with Crippen LogP contribution in [-0.2, 0) is 19.6 Å². The molecule has 0 radical (unpaired) electrons. The van der Waals surface area contributed by atoms with Gasteiger partial charge in [-0.1, -0.05) is 15.9 Å². The Labute approximate surface area is 138 Å². The predicted octanol–water partition coefficient (Wildman–Crippen LogP) is 1.41. The van der Waals surface area contributed by atoms with E-state index in [9.17, 15) is 13.2 Å². The molecule has 22 heavy (non-hydrogen) atoms. The second-order valence-corrected chi connectivity index (χ2v) is 7.81. The van der Waals surface area contributed by atoms with Crippen LogP contribution in [0.2, 0.25) is 0 Å². The van der Waals surface area contributed by atoms with Crippen molar-refractivity contribution >= 4 is 31.9 Å². The minimum Gasteiger partial charge on any atom is -0.376 e. The van der Waals surface area contributed by atoms with Gasteiger partial charge in [0, 0.05) is 17.6 Å². The first kappa shape index (κ1) is 17.4. The van der Waals surface area contributed by atoms with E-state index < -0.39 is 16.1 Å². The highest BCUT2D eigenvalue weighted by Gasteiger charge is 2.23. The van der Waals surface area contributed by atoms with Crippen molar-refractivity contribution in [2.75, 3.05) is 13.2 Å². The summed E-state index contributed by atoms with van der Waals surface area (Å²) in [7, 11) is -3.72. The van der Waals surface area contributed by atoms with E-state index in [0.717, 1.165) is 17.3 Å². The number of hydrogen-bond acceptors (Lipinski definition) is 4. The molecule has 0 spiro atoms. The lowest BCUT2D eigenvalue weighted by Gasteiger charge is -2.16. The molecule has 1 heterocycles. The Hall–Kier alpha value is -0.960. The zero-order valence-electron chi connectivity index (χ0n) is 12.2. The Morgan fingerprint density at radius 2 is 2.09 bits per heavy atom. The molecule has 2 N–H and O–H groups in total. The summed E-state index contributed by atoms with van der Waals surface area (Å²) >= 11 is 3.25. The number of nitrogens with one attached hydrogen (secondary N) is 2. The summed E-state index contributed by atoms with van der Waals surface area (Å²) in [5, 5.41) is 2.71. The molecule has 0 unspecified atom stereocenters. The van der Waals surface area contributed by atoms with Gasteiger partial charge in [-0.2, -0.15) is 4.72 Å². The third kappa shape index (κ3) is 4.77. The Balaban J connectivity index is 1.90. The van der Waals surface area contributed by atoms with E-state index in [4.69, 9.17) is 4.74 Å². The zero-order valence-corrected chi connectivity index (χ0v) is 14.6. The zero-order chi connectivity index (χ0) is 16.2. The summed E-state index contributed by atoms with van der Waals surface area (Å²) in [4.78, 5) is 12.1. The fourth-order valence-corrected chi connectivity index (χ4v) is 3.61. The number of hydrogen-bond donors (Lipinski definition) is 2. The number of halogens is 1. The largest absolute Gasteiger partial charge is 0.376 e. The molecule has 6 nitrogen and oxygen atoms in total. The summed E-state index contributed by atoms with van der Waals surface area (Å²) in [6.45, 7) is 2.64. The molecule has 1 saturated heterocycles. The first-order valence-corrected chi connectivity index (χ1v) is 9.33. The van der Waals surface area contributed by atoms with Crippen LogP contribution in [0.3, 0.4) is 0 Å². The molecule has 2 rings (SSSR count). The van der Waals surface area contributed by atoms with Gasteiger partial charge in [0.2, 0.25) is 15.9 Å². The van der Waals surface area contributed by atoms with E-state index in [1.807, 2.05) is 0 Å². The average molecular weight is 391 g/mol. The van der Waals surface area contributed by atoms with Gasteiger partial charge in [-0.3, -0.25) is 4.79 Å². The minimum atomic E-state index is -3.72. The first-order chi connectivity index (χ1) is 10.4. The number of sulfonamides is 1. The van der Waals surface area contributed by atoms with E-state index >= 15 is 0 Å². The van der Waals surface area contributed by atoms with Crippen molar-refractivity contribution in [1.82, 2.24) is 10.0 Å². The molecule has 0 saturated carbocycles. The summed E-state index contributed by atoms with van der Waals surface area (Å²) in [6.07, 6.45) is 1.94. The average Bonchev–Trinajstić information content (AvgIpc) is 2.98. The van der Waals surface area contributed by atoms with Gasteiger partial charge in [0.1, 0.15) is 0 Å². The van der Waals surface area contributed by atoms with Crippen molar-refractivity contribution in [2.24, 2.45) is 0 Å². The third-order valence-electron chi connectivity index (χ3n) is 3.38. The Morgan fingerprint density at radius 3 is 2.68 bits per heavy atom. The molecule has 1 amide bonds. The number of benzene rings is 1. The van der Waals surface area contributed by atoms with E-state index in [-0.39, 0.29) is 16.9 Å². The molecule has 1 aliphatic rings. The van der Waals surface area contributed by atoms with Gasteiger partial charge in [-0.15, -0.1) is 0 Å². The van der Waals surface area contributed by atoms with Crippen LogP contribution in [0.25, 0.3) is 0 Å². The second kappa shape index (κ2) is 7.54. The predicted molar refractivity (Wildman–Crippen MR) is 85.9 cm³/mol. The highest BCUT2D eigenvalue weighted by atomic mass is 79.9. The molecule has 1 aromatic rings. The molecular formula is C14H19BrN2O4S. The van der Waals surface area contributed by atoms with Gasteiger partial charge in [-0.25, -0.2) is 8.42 Å². The maximum Gasteiger partial charge on any atom is 0.241 e. The SMILES string of the molecule is C[C@H](NS(=O)(=O)c1ccc(Br)cc1)C(=O)NC[C@H]1CCCO1. The van der Waals surface area contributed by atoms with Gasteiger partial charge in [0.25, 0.3) is 0 Å². The van der Waals surface area contributed by atoms with Crippen LogP contribution in [0.5, 0.6) is 0 Å². The van der Waals surface area contributed by atoms with Crippen molar-refractivity contribution in [3.63, 3.8) is 0 Å². The summed E-state index contributed by atoms with van der Waals surface area (Å²) in [5.74, 6) is -0.365. The molecule has 0 bridgehead atoms. The molecular weight excluding hydrogens is 372 g/mol. The smallest absolute Gasteiger partial charge is 0.241 e. The van der Waals surface area contributed by atoms with Crippen molar-refractivity contribution < 1.29 is 17.9 Å². The highest BCUT2D eigenvalue weighted by Crippen LogP contribution is 2.15. The molecule has 8 heteroatoms. The maximum absolute atomic E-state index is 12.2. The minimum absolute atomic E-state index is 0.0271. The van der Waals surface area contributed by atoms with Gasteiger partial charge < -0.3 is 10.1 Å². The lowest BCUT2D eigenvalue weighted by atomic mass is 10.2.